The van der Waals surface area contributed by atoms with E-state index in [0.717, 1.165) is 16.9 Å². The predicted molar refractivity (Wildman–Crippen MR) is 73.6 cm³/mol. The lowest BCUT2D eigenvalue weighted by atomic mass is 10.1. The molecule has 0 radical (unpaired) electrons. The van der Waals surface area contributed by atoms with Crippen molar-refractivity contribution < 1.29 is 9.90 Å². The molecule has 0 saturated heterocycles. The smallest absolute Gasteiger partial charge is 0.303 e. The molecule has 2 rings (SSSR count). The van der Waals surface area contributed by atoms with Crippen LogP contribution < -0.4 is 0 Å². The Labute approximate surface area is 112 Å². The van der Waals surface area contributed by atoms with Gasteiger partial charge in [-0.05, 0) is 30.0 Å². The maximum absolute atomic E-state index is 10.6. The molecule has 4 heteroatoms. The molecular formula is C15H18N2O2. The van der Waals surface area contributed by atoms with Crippen molar-refractivity contribution in [1.82, 2.24) is 9.55 Å². The number of hydrogen-bond donors (Lipinski definition) is 1. The molecule has 19 heavy (non-hydrogen) atoms. The van der Waals surface area contributed by atoms with Crippen LogP contribution in [0.25, 0.3) is 5.69 Å². The maximum Gasteiger partial charge on any atom is 0.303 e. The summed E-state index contributed by atoms with van der Waals surface area (Å²) in [6.07, 6.45) is 4.52. The monoisotopic (exact) mass is 258 g/mol. The molecule has 0 bridgehead atoms. The van der Waals surface area contributed by atoms with Crippen LogP contribution in [0.1, 0.15) is 37.4 Å². The molecule has 1 aromatic carbocycles. The molecule has 1 N–H and O–H groups in total. The van der Waals surface area contributed by atoms with Gasteiger partial charge in [0.15, 0.2) is 0 Å². The fourth-order valence-corrected chi connectivity index (χ4v) is 1.90. The Morgan fingerprint density at radius 1 is 1.42 bits per heavy atom. The molecule has 0 spiro atoms. The first-order chi connectivity index (χ1) is 9.06. The molecule has 0 aliphatic carbocycles. The number of aromatic nitrogens is 2. The van der Waals surface area contributed by atoms with E-state index >= 15 is 0 Å². The highest BCUT2D eigenvalue weighted by Gasteiger charge is 2.05. The number of nitrogens with zero attached hydrogens (tertiary/aromatic N) is 2. The van der Waals surface area contributed by atoms with Gasteiger partial charge in [0, 0.05) is 18.3 Å². The first kappa shape index (κ1) is 13.3. The van der Waals surface area contributed by atoms with E-state index in [2.05, 4.69) is 18.8 Å². The predicted octanol–water partition coefficient (Wildman–Crippen LogP) is 3.01. The summed E-state index contributed by atoms with van der Waals surface area (Å²) in [6, 6.07) is 7.90. The lowest BCUT2D eigenvalue weighted by Gasteiger charge is -2.05. The first-order valence-electron chi connectivity index (χ1n) is 6.41. The summed E-state index contributed by atoms with van der Waals surface area (Å²) in [6.45, 7) is 4.21. The maximum atomic E-state index is 10.6. The molecule has 0 fully saturated rings. The highest BCUT2D eigenvalue weighted by molar-refractivity contribution is 5.67. The molecular weight excluding hydrogens is 240 g/mol. The van der Waals surface area contributed by atoms with Gasteiger partial charge in [-0.3, -0.25) is 4.79 Å². The van der Waals surface area contributed by atoms with Crippen LogP contribution in [0.3, 0.4) is 0 Å². The van der Waals surface area contributed by atoms with Crippen LogP contribution >= 0.6 is 0 Å². The van der Waals surface area contributed by atoms with Crippen LogP contribution in [0, 0.1) is 0 Å². The van der Waals surface area contributed by atoms with E-state index in [1.807, 2.05) is 35.0 Å². The standard InChI is InChI=1S/C15H18N2O2/c1-11(2)14-9-17(10-16-14)13-5-3-4-12(8-13)6-7-15(18)19/h3-5,8-11H,6-7H2,1-2H3,(H,18,19). The Bertz CT molecular complexity index is 573. The summed E-state index contributed by atoms with van der Waals surface area (Å²) in [7, 11) is 0. The van der Waals surface area contributed by atoms with Gasteiger partial charge >= 0.3 is 5.97 Å². The number of aliphatic carboxylic acids is 1. The topological polar surface area (TPSA) is 55.1 Å². The van der Waals surface area contributed by atoms with Crippen molar-refractivity contribution in [2.75, 3.05) is 0 Å². The average Bonchev–Trinajstić information content (AvgIpc) is 2.86. The van der Waals surface area contributed by atoms with E-state index in [9.17, 15) is 4.79 Å². The lowest BCUT2D eigenvalue weighted by molar-refractivity contribution is -0.136. The van der Waals surface area contributed by atoms with E-state index in [1.54, 1.807) is 6.33 Å². The van der Waals surface area contributed by atoms with Crippen molar-refractivity contribution in [3.63, 3.8) is 0 Å². The summed E-state index contributed by atoms with van der Waals surface area (Å²) in [4.78, 5) is 15.0. The van der Waals surface area contributed by atoms with Gasteiger partial charge in [-0.25, -0.2) is 4.98 Å². The van der Waals surface area contributed by atoms with Crippen LogP contribution in [0.2, 0.25) is 0 Å². The fraction of sp³-hybridized carbons (Fsp3) is 0.333. The van der Waals surface area contributed by atoms with E-state index in [4.69, 9.17) is 5.11 Å². The average molecular weight is 258 g/mol. The molecule has 1 heterocycles. The summed E-state index contributed by atoms with van der Waals surface area (Å²) >= 11 is 0. The van der Waals surface area contributed by atoms with E-state index in [1.165, 1.54) is 0 Å². The summed E-state index contributed by atoms with van der Waals surface area (Å²) < 4.78 is 1.97. The van der Waals surface area contributed by atoms with Gasteiger partial charge in [-0.2, -0.15) is 0 Å². The largest absolute Gasteiger partial charge is 0.481 e. The molecule has 0 atom stereocenters. The Hall–Kier alpha value is -2.10. The summed E-state index contributed by atoms with van der Waals surface area (Å²) in [5.74, 6) is -0.369. The highest BCUT2D eigenvalue weighted by atomic mass is 16.4. The number of carbonyl (C=O) groups is 1. The molecule has 1 aromatic heterocycles. The van der Waals surface area contributed by atoms with Gasteiger partial charge < -0.3 is 9.67 Å². The number of rotatable bonds is 5. The van der Waals surface area contributed by atoms with Gasteiger partial charge in [0.25, 0.3) is 0 Å². The molecule has 0 aliphatic heterocycles. The summed E-state index contributed by atoms with van der Waals surface area (Å²) in [5, 5.41) is 8.71. The Balaban J connectivity index is 2.19. The van der Waals surface area contributed by atoms with Gasteiger partial charge in [0.2, 0.25) is 0 Å². The molecule has 0 unspecified atom stereocenters. The number of benzene rings is 1. The second-order valence-electron chi connectivity index (χ2n) is 4.92. The quantitative estimate of drug-likeness (QED) is 0.896. The fourth-order valence-electron chi connectivity index (χ4n) is 1.90. The minimum Gasteiger partial charge on any atom is -0.481 e. The summed E-state index contributed by atoms with van der Waals surface area (Å²) in [5.41, 5.74) is 3.10. The van der Waals surface area contributed by atoms with Crippen molar-refractivity contribution in [3.8, 4) is 5.69 Å². The number of imidazole rings is 1. The Kier molecular flexibility index (Phi) is 4.00. The number of hydrogen-bond acceptors (Lipinski definition) is 2. The number of aryl methyl sites for hydroxylation is 1. The molecule has 2 aromatic rings. The van der Waals surface area contributed by atoms with Gasteiger partial charge in [-0.15, -0.1) is 0 Å². The molecule has 100 valence electrons. The zero-order valence-corrected chi connectivity index (χ0v) is 11.2. The van der Waals surface area contributed by atoms with Gasteiger partial charge in [-0.1, -0.05) is 26.0 Å². The minimum atomic E-state index is -0.768. The third-order valence-corrected chi connectivity index (χ3v) is 3.03. The molecule has 0 saturated carbocycles. The van der Waals surface area contributed by atoms with Crippen LogP contribution in [0.15, 0.2) is 36.8 Å². The van der Waals surface area contributed by atoms with Crippen LogP contribution in [-0.4, -0.2) is 20.6 Å². The van der Waals surface area contributed by atoms with E-state index in [-0.39, 0.29) is 6.42 Å². The Morgan fingerprint density at radius 3 is 2.84 bits per heavy atom. The first-order valence-corrected chi connectivity index (χ1v) is 6.41. The van der Waals surface area contributed by atoms with Crippen LogP contribution in [-0.2, 0) is 11.2 Å². The normalized spacial score (nSPS) is 10.9. The van der Waals surface area contributed by atoms with E-state index < -0.39 is 5.97 Å². The van der Waals surface area contributed by atoms with Gasteiger partial charge in [0.05, 0.1) is 12.0 Å². The van der Waals surface area contributed by atoms with Gasteiger partial charge in [0.1, 0.15) is 0 Å². The number of carboxylic acid groups (broad SMARTS) is 1. The third kappa shape index (κ3) is 3.44. The lowest BCUT2D eigenvalue weighted by Crippen LogP contribution is -1.98. The van der Waals surface area contributed by atoms with Crippen LogP contribution in [0.4, 0.5) is 0 Å². The van der Waals surface area contributed by atoms with Crippen molar-refractivity contribution in [1.29, 1.82) is 0 Å². The second-order valence-corrected chi connectivity index (χ2v) is 4.92. The Morgan fingerprint density at radius 2 is 2.21 bits per heavy atom. The zero-order valence-electron chi connectivity index (χ0n) is 11.2. The third-order valence-electron chi connectivity index (χ3n) is 3.03. The molecule has 0 aliphatic rings. The van der Waals surface area contributed by atoms with Crippen molar-refractivity contribution >= 4 is 5.97 Å². The highest BCUT2D eigenvalue weighted by Crippen LogP contribution is 2.16. The zero-order chi connectivity index (χ0) is 13.8. The van der Waals surface area contributed by atoms with Crippen molar-refractivity contribution in [2.24, 2.45) is 0 Å². The molecule has 0 amide bonds. The minimum absolute atomic E-state index is 0.157. The SMILES string of the molecule is CC(C)c1cn(-c2cccc(CCC(=O)O)c2)cn1. The second kappa shape index (κ2) is 5.69. The van der Waals surface area contributed by atoms with Crippen molar-refractivity contribution in [2.45, 2.75) is 32.6 Å². The van der Waals surface area contributed by atoms with E-state index in [0.29, 0.717) is 12.3 Å². The van der Waals surface area contributed by atoms with Crippen LogP contribution in [0.5, 0.6) is 0 Å². The van der Waals surface area contributed by atoms with Crippen molar-refractivity contribution in [3.05, 3.63) is 48.0 Å². The number of carboxylic acids is 1. The molecule has 4 nitrogen and oxygen atoms in total.